The lowest BCUT2D eigenvalue weighted by Gasteiger charge is -2.36. The summed E-state index contributed by atoms with van der Waals surface area (Å²) in [6.45, 7) is 12.0. The summed E-state index contributed by atoms with van der Waals surface area (Å²) in [5.41, 5.74) is 0. The van der Waals surface area contributed by atoms with Crippen LogP contribution in [0.25, 0.3) is 0 Å². The second-order valence-electron chi connectivity index (χ2n) is 4.41. The molecule has 0 bridgehead atoms. The number of hydrogen-bond donors (Lipinski definition) is 1. The number of hydrogen-bond acceptors (Lipinski definition) is 3. The van der Waals surface area contributed by atoms with Crippen LogP contribution in [0.2, 0.25) is 0 Å². The van der Waals surface area contributed by atoms with Crippen molar-refractivity contribution in [3.8, 4) is 0 Å². The molecule has 3 unspecified atom stereocenters. The fraction of sp³-hybridized carbons (Fsp3) is 1.00. The van der Waals surface area contributed by atoms with Crippen LogP contribution in [0.15, 0.2) is 0 Å². The van der Waals surface area contributed by atoms with E-state index >= 15 is 0 Å². The van der Waals surface area contributed by atoms with Crippen LogP contribution in [0.1, 0.15) is 27.7 Å². The summed E-state index contributed by atoms with van der Waals surface area (Å²) in [7, 11) is 3.78. The number of rotatable bonds is 8. The molecule has 0 spiro atoms. The first-order valence-corrected chi connectivity index (χ1v) is 5.97. The average Bonchev–Trinajstić information content (AvgIpc) is 2.19. The zero-order valence-corrected chi connectivity index (χ0v) is 11.2. The van der Waals surface area contributed by atoms with Crippen LogP contribution >= 0.6 is 0 Å². The number of nitrogens with one attached hydrogen (secondary N) is 1. The minimum absolute atomic E-state index is 0.495. The number of likely N-dealkylation sites (N-methyl/N-ethyl adjacent to an activating group) is 1. The quantitative estimate of drug-likeness (QED) is 0.667. The number of ether oxygens (including phenoxy) is 1. The van der Waals surface area contributed by atoms with Crippen LogP contribution < -0.4 is 5.32 Å². The Bertz CT molecular complexity index is 153. The second kappa shape index (κ2) is 8.08. The molecule has 0 aromatic carbocycles. The van der Waals surface area contributed by atoms with E-state index in [1.54, 1.807) is 7.11 Å². The van der Waals surface area contributed by atoms with Gasteiger partial charge in [0.1, 0.15) is 0 Å². The minimum Gasteiger partial charge on any atom is -0.383 e. The van der Waals surface area contributed by atoms with Crippen LogP contribution in [-0.4, -0.2) is 50.8 Å². The smallest absolute Gasteiger partial charge is 0.0615 e. The number of nitrogens with zero attached hydrogens (tertiary/aromatic N) is 1. The summed E-state index contributed by atoms with van der Waals surface area (Å²) < 4.78 is 5.22. The van der Waals surface area contributed by atoms with E-state index in [2.05, 4.69) is 37.9 Å². The molecule has 0 fully saturated rings. The molecule has 0 aromatic heterocycles. The Balaban J connectivity index is 4.24. The molecular formula is C12H28N2O. The normalized spacial score (nSPS) is 17.8. The molecule has 0 rings (SSSR count). The van der Waals surface area contributed by atoms with Gasteiger partial charge in [-0.1, -0.05) is 13.8 Å². The average molecular weight is 216 g/mol. The SMILES string of the molecule is CCN(C(C)COC)C(C)C(C)CNC. The van der Waals surface area contributed by atoms with E-state index in [9.17, 15) is 0 Å². The molecule has 0 aliphatic heterocycles. The largest absolute Gasteiger partial charge is 0.383 e. The van der Waals surface area contributed by atoms with Gasteiger partial charge in [0.2, 0.25) is 0 Å². The van der Waals surface area contributed by atoms with Crippen LogP contribution in [0.5, 0.6) is 0 Å². The van der Waals surface area contributed by atoms with Gasteiger partial charge in [0.05, 0.1) is 6.61 Å². The zero-order valence-electron chi connectivity index (χ0n) is 11.2. The molecule has 92 valence electrons. The molecule has 15 heavy (non-hydrogen) atoms. The molecule has 0 aliphatic rings. The highest BCUT2D eigenvalue weighted by atomic mass is 16.5. The highest BCUT2D eigenvalue weighted by Gasteiger charge is 2.22. The molecule has 0 saturated heterocycles. The molecule has 0 saturated carbocycles. The second-order valence-corrected chi connectivity index (χ2v) is 4.41. The van der Waals surface area contributed by atoms with Crippen molar-refractivity contribution >= 4 is 0 Å². The topological polar surface area (TPSA) is 24.5 Å². The third-order valence-electron chi connectivity index (χ3n) is 3.21. The van der Waals surface area contributed by atoms with Crippen molar-refractivity contribution < 1.29 is 4.74 Å². The first-order chi connectivity index (χ1) is 7.08. The Morgan fingerprint density at radius 1 is 1.27 bits per heavy atom. The van der Waals surface area contributed by atoms with Crippen molar-refractivity contribution in [3.05, 3.63) is 0 Å². The molecule has 3 atom stereocenters. The Morgan fingerprint density at radius 3 is 2.27 bits per heavy atom. The Morgan fingerprint density at radius 2 is 1.87 bits per heavy atom. The fourth-order valence-electron chi connectivity index (χ4n) is 2.16. The van der Waals surface area contributed by atoms with E-state index in [0.717, 1.165) is 19.7 Å². The van der Waals surface area contributed by atoms with Gasteiger partial charge in [-0.15, -0.1) is 0 Å². The molecule has 0 heterocycles. The van der Waals surface area contributed by atoms with Crippen LogP contribution in [0.3, 0.4) is 0 Å². The van der Waals surface area contributed by atoms with E-state index in [4.69, 9.17) is 4.74 Å². The van der Waals surface area contributed by atoms with Gasteiger partial charge in [-0.3, -0.25) is 4.90 Å². The maximum Gasteiger partial charge on any atom is 0.0615 e. The van der Waals surface area contributed by atoms with E-state index in [1.165, 1.54) is 0 Å². The van der Waals surface area contributed by atoms with Crippen molar-refractivity contribution in [2.24, 2.45) is 5.92 Å². The Hall–Kier alpha value is -0.120. The molecule has 0 aromatic rings. The summed E-state index contributed by atoms with van der Waals surface area (Å²) >= 11 is 0. The molecule has 1 N–H and O–H groups in total. The third kappa shape index (κ3) is 4.96. The van der Waals surface area contributed by atoms with Gasteiger partial charge in [0.15, 0.2) is 0 Å². The molecule has 3 nitrogen and oxygen atoms in total. The predicted octanol–water partition coefficient (Wildman–Crippen LogP) is 1.59. The van der Waals surface area contributed by atoms with Crippen LogP contribution in [0.4, 0.5) is 0 Å². The molecule has 0 aliphatic carbocycles. The highest BCUT2D eigenvalue weighted by molar-refractivity contribution is 4.77. The van der Waals surface area contributed by atoms with Crippen LogP contribution in [0, 0.1) is 5.92 Å². The first kappa shape index (κ1) is 14.9. The maximum absolute atomic E-state index is 5.22. The van der Waals surface area contributed by atoms with Gasteiger partial charge in [-0.2, -0.15) is 0 Å². The summed E-state index contributed by atoms with van der Waals surface area (Å²) in [4.78, 5) is 2.51. The monoisotopic (exact) mass is 216 g/mol. The van der Waals surface area contributed by atoms with Gasteiger partial charge < -0.3 is 10.1 Å². The summed E-state index contributed by atoms with van der Waals surface area (Å²) in [6, 6.07) is 1.09. The number of methoxy groups -OCH3 is 1. The lowest BCUT2D eigenvalue weighted by molar-refractivity contribution is 0.0609. The Labute approximate surface area is 95.2 Å². The predicted molar refractivity (Wildman–Crippen MR) is 66.3 cm³/mol. The van der Waals surface area contributed by atoms with Crippen molar-refractivity contribution in [2.45, 2.75) is 39.8 Å². The molecule has 3 heteroatoms. The van der Waals surface area contributed by atoms with Crippen LogP contribution in [-0.2, 0) is 4.74 Å². The summed E-state index contributed by atoms with van der Waals surface area (Å²) in [5.74, 6) is 0.661. The van der Waals surface area contributed by atoms with E-state index in [1.807, 2.05) is 7.05 Å². The standard InChI is InChI=1S/C12H28N2O/c1-7-14(11(3)9-15-6)12(4)10(2)8-13-5/h10-13H,7-9H2,1-6H3. The van der Waals surface area contributed by atoms with Crippen molar-refractivity contribution in [2.75, 3.05) is 33.9 Å². The van der Waals surface area contributed by atoms with Crippen molar-refractivity contribution in [3.63, 3.8) is 0 Å². The fourth-order valence-corrected chi connectivity index (χ4v) is 2.16. The van der Waals surface area contributed by atoms with Gasteiger partial charge in [0, 0.05) is 19.2 Å². The van der Waals surface area contributed by atoms with E-state index in [-0.39, 0.29) is 0 Å². The maximum atomic E-state index is 5.22. The minimum atomic E-state index is 0.495. The van der Waals surface area contributed by atoms with Crippen molar-refractivity contribution in [1.82, 2.24) is 10.2 Å². The van der Waals surface area contributed by atoms with Gasteiger partial charge in [-0.05, 0) is 39.9 Å². The summed E-state index contributed by atoms with van der Waals surface area (Å²) in [6.07, 6.45) is 0. The van der Waals surface area contributed by atoms with Gasteiger partial charge >= 0.3 is 0 Å². The van der Waals surface area contributed by atoms with E-state index < -0.39 is 0 Å². The lowest BCUT2D eigenvalue weighted by atomic mass is 10.0. The zero-order chi connectivity index (χ0) is 11.8. The Kier molecular flexibility index (Phi) is 8.02. The first-order valence-electron chi connectivity index (χ1n) is 5.97. The molecule has 0 radical (unpaired) electrons. The molecular weight excluding hydrogens is 188 g/mol. The third-order valence-corrected chi connectivity index (χ3v) is 3.21. The lowest BCUT2D eigenvalue weighted by Crippen LogP contribution is -2.47. The van der Waals surface area contributed by atoms with Gasteiger partial charge in [0.25, 0.3) is 0 Å². The summed E-state index contributed by atoms with van der Waals surface area (Å²) in [5, 5.41) is 3.24. The molecule has 0 amide bonds. The highest BCUT2D eigenvalue weighted by Crippen LogP contribution is 2.13. The van der Waals surface area contributed by atoms with Crippen molar-refractivity contribution in [1.29, 1.82) is 0 Å². The van der Waals surface area contributed by atoms with Gasteiger partial charge in [-0.25, -0.2) is 0 Å². The van der Waals surface area contributed by atoms with E-state index in [0.29, 0.717) is 18.0 Å².